The zero-order chi connectivity index (χ0) is 30.5. The zero-order valence-electron chi connectivity index (χ0n) is 24.8. The van der Waals surface area contributed by atoms with Crippen molar-refractivity contribution in [1.29, 1.82) is 0 Å². The summed E-state index contributed by atoms with van der Waals surface area (Å²) in [7, 11) is 0. The third-order valence-electron chi connectivity index (χ3n) is 8.61. The Balaban J connectivity index is 1.24. The number of aromatic nitrogens is 3. The molecule has 46 heavy (non-hydrogen) atoms. The molecule has 0 saturated heterocycles. The molecule has 9 rings (SSSR count). The SMILES string of the molecule is c1ccc(-c2cc(-c3ccccc3)nc(-c3cccc(-n4c5ccccc5c5c6sc(-c7ccccc7)cc6ccc54)n3)c2)cc1. The highest BCUT2D eigenvalue weighted by atomic mass is 32.1. The van der Waals surface area contributed by atoms with Crippen LogP contribution in [0.5, 0.6) is 0 Å². The molecule has 4 heterocycles. The molecular formula is C42H27N3S. The Morgan fingerprint density at radius 1 is 0.435 bits per heavy atom. The van der Waals surface area contributed by atoms with Crippen molar-refractivity contribution in [3.8, 4) is 50.0 Å². The van der Waals surface area contributed by atoms with Gasteiger partial charge >= 0.3 is 0 Å². The number of rotatable bonds is 5. The summed E-state index contributed by atoms with van der Waals surface area (Å²) in [5, 5.41) is 3.76. The summed E-state index contributed by atoms with van der Waals surface area (Å²) >= 11 is 1.86. The molecule has 0 atom stereocenters. The molecular weight excluding hydrogens is 579 g/mol. The normalized spacial score (nSPS) is 11.5. The Morgan fingerprint density at radius 3 is 1.89 bits per heavy atom. The van der Waals surface area contributed by atoms with Crippen LogP contribution in [0.3, 0.4) is 0 Å². The molecule has 216 valence electrons. The van der Waals surface area contributed by atoms with E-state index in [0.717, 1.165) is 50.6 Å². The second kappa shape index (κ2) is 11.0. The second-order valence-corrected chi connectivity index (χ2v) is 12.5. The van der Waals surface area contributed by atoms with Crippen LogP contribution in [0.1, 0.15) is 0 Å². The van der Waals surface area contributed by atoms with Crippen LogP contribution in [0.15, 0.2) is 164 Å². The van der Waals surface area contributed by atoms with E-state index in [1.165, 1.54) is 31.3 Å². The third kappa shape index (κ3) is 4.50. The summed E-state index contributed by atoms with van der Waals surface area (Å²) in [5.74, 6) is 0.871. The van der Waals surface area contributed by atoms with Crippen molar-refractivity contribution in [2.75, 3.05) is 0 Å². The molecule has 0 aliphatic rings. The summed E-state index contributed by atoms with van der Waals surface area (Å²) in [5.41, 5.74) is 9.48. The number of nitrogens with zero attached hydrogens (tertiary/aromatic N) is 3. The fourth-order valence-electron chi connectivity index (χ4n) is 6.45. The standard InChI is InChI=1S/C42H27N3S/c1-4-13-28(14-5-1)32-25-35(29-15-6-2-7-16-29)43-36(26-32)34-20-12-22-40(44-34)45-37-21-11-10-19-33(37)41-38(45)24-23-31-27-39(46-42(31)41)30-17-8-3-9-18-30/h1-27H. The summed E-state index contributed by atoms with van der Waals surface area (Å²) in [6.45, 7) is 0. The number of pyridine rings is 2. The van der Waals surface area contributed by atoms with Crippen molar-refractivity contribution in [2.45, 2.75) is 0 Å². The Hall–Kier alpha value is -5.84. The Morgan fingerprint density at radius 2 is 1.11 bits per heavy atom. The lowest BCUT2D eigenvalue weighted by atomic mass is 10.0. The molecule has 5 aromatic carbocycles. The van der Waals surface area contributed by atoms with Gasteiger partial charge in [-0.15, -0.1) is 11.3 Å². The van der Waals surface area contributed by atoms with E-state index in [2.05, 4.69) is 156 Å². The van der Waals surface area contributed by atoms with Gasteiger partial charge in [-0.1, -0.05) is 121 Å². The van der Waals surface area contributed by atoms with Crippen LogP contribution in [0.25, 0.3) is 81.9 Å². The highest BCUT2D eigenvalue weighted by Crippen LogP contribution is 2.42. The van der Waals surface area contributed by atoms with E-state index in [-0.39, 0.29) is 0 Å². The largest absolute Gasteiger partial charge is 0.294 e. The minimum Gasteiger partial charge on any atom is -0.294 e. The van der Waals surface area contributed by atoms with Crippen molar-refractivity contribution in [3.05, 3.63) is 164 Å². The second-order valence-electron chi connectivity index (χ2n) is 11.4. The molecule has 9 aromatic rings. The van der Waals surface area contributed by atoms with E-state index < -0.39 is 0 Å². The highest BCUT2D eigenvalue weighted by Gasteiger charge is 2.18. The average molecular weight is 606 g/mol. The first-order valence-corrected chi connectivity index (χ1v) is 16.2. The van der Waals surface area contributed by atoms with Gasteiger partial charge in [0, 0.05) is 25.9 Å². The maximum absolute atomic E-state index is 5.29. The van der Waals surface area contributed by atoms with Gasteiger partial charge in [0.1, 0.15) is 5.82 Å². The van der Waals surface area contributed by atoms with Crippen LogP contribution in [-0.4, -0.2) is 14.5 Å². The van der Waals surface area contributed by atoms with Gasteiger partial charge in [0.05, 0.1) is 28.1 Å². The Kier molecular flexibility index (Phi) is 6.32. The quantitative estimate of drug-likeness (QED) is 0.195. The van der Waals surface area contributed by atoms with Gasteiger partial charge in [0.15, 0.2) is 0 Å². The maximum atomic E-state index is 5.29. The van der Waals surface area contributed by atoms with Gasteiger partial charge in [-0.3, -0.25) is 4.57 Å². The molecule has 0 amide bonds. The fraction of sp³-hybridized carbons (Fsp3) is 0. The van der Waals surface area contributed by atoms with Crippen molar-refractivity contribution in [3.63, 3.8) is 0 Å². The molecule has 4 aromatic heterocycles. The monoisotopic (exact) mass is 605 g/mol. The lowest BCUT2D eigenvalue weighted by molar-refractivity contribution is 1.08. The number of fused-ring (bicyclic) bond motifs is 5. The molecule has 0 aliphatic carbocycles. The molecule has 0 fully saturated rings. The van der Waals surface area contributed by atoms with Crippen molar-refractivity contribution in [2.24, 2.45) is 0 Å². The van der Waals surface area contributed by atoms with Crippen LogP contribution in [0, 0.1) is 0 Å². The van der Waals surface area contributed by atoms with E-state index in [0.29, 0.717) is 0 Å². The van der Waals surface area contributed by atoms with E-state index in [1.54, 1.807) is 0 Å². The van der Waals surface area contributed by atoms with Crippen LogP contribution in [0.2, 0.25) is 0 Å². The van der Waals surface area contributed by atoms with E-state index in [1.807, 2.05) is 23.5 Å². The van der Waals surface area contributed by atoms with E-state index in [4.69, 9.17) is 9.97 Å². The van der Waals surface area contributed by atoms with Gasteiger partial charge < -0.3 is 0 Å². The van der Waals surface area contributed by atoms with Crippen LogP contribution >= 0.6 is 11.3 Å². The molecule has 0 radical (unpaired) electrons. The van der Waals surface area contributed by atoms with Gasteiger partial charge in [0.25, 0.3) is 0 Å². The number of para-hydroxylation sites is 1. The van der Waals surface area contributed by atoms with Crippen LogP contribution < -0.4 is 0 Å². The van der Waals surface area contributed by atoms with Crippen molar-refractivity contribution < 1.29 is 0 Å². The Labute approximate surface area is 270 Å². The lowest BCUT2D eigenvalue weighted by Gasteiger charge is -2.12. The molecule has 0 N–H and O–H groups in total. The summed E-state index contributed by atoms with van der Waals surface area (Å²) in [6.07, 6.45) is 0. The fourth-order valence-corrected chi connectivity index (χ4v) is 7.67. The minimum atomic E-state index is 0.835. The average Bonchev–Trinajstić information content (AvgIpc) is 3.72. The first kappa shape index (κ1) is 26.6. The first-order valence-electron chi connectivity index (χ1n) is 15.4. The van der Waals surface area contributed by atoms with Gasteiger partial charge in [-0.05, 0) is 64.5 Å². The van der Waals surface area contributed by atoms with Crippen LogP contribution in [-0.2, 0) is 0 Å². The van der Waals surface area contributed by atoms with Gasteiger partial charge in [-0.2, -0.15) is 0 Å². The van der Waals surface area contributed by atoms with E-state index in [9.17, 15) is 0 Å². The van der Waals surface area contributed by atoms with Crippen molar-refractivity contribution >= 4 is 43.2 Å². The number of thiophene rings is 1. The zero-order valence-corrected chi connectivity index (χ0v) is 25.7. The molecule has 0 saturated carbocycles. The predicted molar refractivity (Wildman–Crippen MR) is 193 cm³/mol. The summed E-state index contributed by atoms with van der Waals surface area (Å²) < 4.78 is 3.60. The topological polar surface area (TPSA) is 30.7 Å². The van der Waals surface area contributed by atoms with Crippen LogP contribution in [0.4, 0.5) is 0 Å². The third-order valence-corrected chi connectivity index (χ3v) is 9.82. The summed E-state index contributed by atoms with van der Waals surface area (Å²) in [6, 6.07) is 57.6. The highest BCUT2D eigenvalue weighted by molar-refractivity contribution is 7.23. The molecule has 0 spiro atoms. The number of benzene rings is 5. The van der Waals surface area contributed by atoms with Gasteiger partial charge in [-0.25, -0.2) is 9.97 Å². The molecule has 4 heteroatoms. The smallest absolute Gasteiger partial charge is 0.138 e. The first-order chi connectivity index (χ1) is 22.8. The molecule has 0 unspecified atom stereocenters. The molecule has 0 bridgehead atoms. The summed E-state index contributed by atoms with van der Waals surface area (Å²) in [4.78, 5) is 11.7. The predicted octanol–water partition coefficient (Wildman–Crippen LogP) is 11.5. The Bertz CT molecular complexity index is 2460. The maximum Gasteiger partial charge on any atom is 0.138 e. The van der Waals surface area contributed by atoms with Crippen molar-refractivity contribution in [1.82, 2.24) is 14.5 Å². The number of hydrogen-bond acceptors (Lipinski definition) is 3. The molecule has 3 nitrogen and oxygen atoms in total. The minimum absolute atomic E-state index is 0.835. The van der Waals surface area contributed by atoms with E-state index >= 15 is 0 Å². The number of hydrogen-bond donors (Lipinski definition) is 0. The molecule has 0 aliphatic heterocycles. The lowest BCUT2D eigenvalue weighted by Crippen LogP contribution is -1.99. The van der Waals surface area contributed by atoms with Gasteiger partial charge in [0.2, 0.25) is 0 Å².